The number of aryl methyl sites for hydroxylation is 1. The Morgan fingerprint density at radius 3 is 2.39 bits per heavy atom. The normalized spacial score (nSPS) is 10.6. The first-order valence-corrected chi connectivity index (χ1v) is 9.54. The number of nitrogens with one attached hydrogen (secondary N) is 1. The molecule has 146 valence electrons. The van der Waals surface area contributed by atoms with Gasteiger partial charge in [-0.2, -0.15) is 5.10 Å². The lowest BCUT2D eigenvalue weighted by atomic mass is 10.1. The molecular weight excluding hydrogens is 422 g/mol. The molecule has 0 spiro atoms. The van der Waals surface area contributed by atoms with Crippen LogP contribution in [0.5, 0.6) is 11.5 Å². The van der Waals surface area contributed by atoms with E-state index in [4.69, 9.17) is 9.47 Å². The van der Waals surface area contributed by atoms with Gasteiger partial charge < -0.3 is 14.8 Å². The third-order valence-corrected chi connectivity index (χ3v) is 5.64. The summed E-state index contributed by atoms with van der Waals surface area (Å²) in [6, 6.07) is 12.7. The number of halogens is 1. The van der Waals surface area contributed by atoms with E-state index in [0.29, 0.717) is 29.3 Å². The van der Waals surface area contributed by atoms with Gasteiger partial charge in [-0.25, -0.2) is 0 Å². The second-order valence-corrected chi connectivity index (χ2v) is 7.15. The van der Waals surface area contributed by atoms with Crippen LogP contribution in [0.4, 0.5) is 5.69 Å². The molecule has 0 saturated carbocycles. The van der Waals surface area contributed by atoms with Crippen LogP contribution in [0.25, 0.3) is 0 Å². The fourth-order valence-corrected chi connectivity index (χ4v) is 3.15. The van der Waals surface area contributed by atoms with Crippen LogP contribution in [-0.2, 0) is 6.54 Å². The number of nitrogens with zero attached hydrogens (tertiary/aromatic N) is 2. The highest BCUT2D eigenvalue weighted by Crippen LogP contribution is 2.29. The van der Waals surface area contributed by atoms with Crippen molar-refractivity contribution in [3.63, 3.8) is 0 Å². The van der Waals surface area contributed by atoms with Crippen LogP contribution in [0.15, 0.2) is 46.9 Å². The Balaban J connectivity index is 1.74. The van der Waals surface area contributed by atoms with Crippen molar-refractivity contribution in [2.24, 2.45) is 0 Å². The molecule has 0 radical (unpaired) electrons. The van der Waals surface area contributed by atoms with Crippen LogP contribution in [0.3, 0.4) is 0 Å². The summed E-state index contributed by atoms with van der Waals surface area (Å²) < 4.78 is 13.5. The van der Waals surface area contributed by atoms with E-state index in [0.717, 1.165) is 21.4 Å². The predicted octanol–water partition coefficient (Wildman–Crippen LogP) is 4.58. The quantitative estimate of drug-likeness (QED) is 0.605. The summed E-state index contributed by atoms with van der Waals surface area (Å²) >= 11 is 3.54. The van der Waals surface area contributed by atoms with Crippen LogP contribution in [0.1, 0.15) is 27.3 Å². The van der Waals surface area contributed by atoms with E-state index in [2.05, 4.69) is 26.3 Å². The van der Waals surface area contributed by atoms with Crippen molar-refractivity contribution in [3.05, 3.63) is 69.5 Å². The number of methoxy groups -OCH3 is 2. The average Bonchev–Trinajstić information content (AvgIpc) is 2.95. The summed E-state index contributed by atoms with van der Waals surface area (Å²) in [6.45, 7) is 4.63. The zero-order valence-corrected chi connectivity index (χ0v) is 17.8. The molecular formula is C21H22BrN3O3. The Morgan fingerprint density at radius 1 is 1.11 bits per heavy atom. The van der Waals surface area contributed by atoms with Gasteiger partial charge in [0, 0.05) is 11.6 Å². The van der Waals surface area contributed by atoms with E-state index >= 15 is 0 Å². The van der Waals surface area contributed by atoms with Gasteiger partial charge in [-0.05, 0) is 59.6 Å². The highest BCUT2D eigenvalue weighted by atomic mass is 79.9. The van der Waals surface area contributed by atoms with Crippen LogP contribution < -0.4 is 14.8 Å². The maximum absolute atomic E-state index is 12.6. The molecule has 1 N–H and O–H groups in total. The fraction of sp³-hybridized carbons (Fsp3) is 0.238. The van der Waals surface area contributed by atoms with Crippen LogP contribution in [0, 0.1) is 13.8 Å². The Morgan fingerprint density at radius 2 is 1.82 bits per heavy atom. The van der Waals surface area contributed by atoms with Crippen molar-refractivity contribution < 1.29 is 14.3 Å². The zero-order chi connectivity index (χ0) is 20.3. The van der Waals surface area contributed by atoms with Crippen LogP contribution in [0.2, 0.25) is 0 Å². The minimum Gasteiger partial charge on any atom is -0.497 e. The van der Waals surface area contributed by atoms with Gasteiger partial charge in [0.1, 0.15) is 11.5 Å². The number of hydrogen-bond donors (Lipinski definition) is 1. The molecule has 6 nitrogen and oxygen atoms in total. The smallest absolute Gasteiger partial charge is 0.255 e. The van der Waals surface area contributed by atoms with Crippen molar-refractivity contribution in [3.8, 4) is 11.5 Å². The molecule has 0 aliphatic carbocycles. The van der Waals surface area contributed by atoms with Gasteiger partial charge in [0.25, 0.3) is 5.91 Å². The lowest BCUT2D eigenvalue weighted by Crippen LogP contribution is -2.13. The number of hydrogen-bond acceptors (Lipinski definition) is 4. The summed E-state index contributed by atoms with van der Waals surface area (Å²) in [5.41, 5.74) is 4.21. The summed E-state index contributed by atoms with van der Waals surface area (Å²) in [5, 5.41) is 7.39. The van der Waals surface area contributed by atoms with Crippen molar-refractivity contribution in [2.45, 2.75) is 20.4 Å². The van der Waals surface area contributed by atoms with Gasteiger partial charge in [0.2, 0.25) is 0 Å². The van der Waals surface area contributed by atoms with Gasteiger partial charge in [-0.15, -0.1) is 0 Å². The molecule has 2 aromatic carbocycles. The summed E-state index contributed by atoms with van der Waals surface area (Å²) in [6.07, 6.45) is 0. The molecule has 1 heterocycles. The third kappa shape index (κ3) is 4.20. The zero-order valence-electron chi connectivity index (χ0n) is 16.2. The largest absolute Gasteiger partial charge is 0.497 e. The third-order valence-electron chi connectivity index (χ3n) is 4.50. The number of carbonyl (C=O) groups excluding carboxylic acids is 1. The topological polar surface area (TPSA) is 65.4 Å². The van der Waals surface area contributed by atoms with E-state index in [9.17, 15) is 4.79 Å². The molecule has 28 heavy (non-hydrogen) atoms. The number of anilines is 1. The molecule has 0 bridgehead atoms. The first kappa shape index (κ1) is 19.9. The second kappa shape index (κ2) is 8.48. The number of carbonyl (C=O) groups is 1. The molecule has 0 unspecified atom stereocenters. The summed E-state index contributed by atoms with van der Waals surface area (Å²) in [4.78, 5) is 12.6. The number of rotatable bonds is 6. The molecule has 0 atom stereocenters. The minimum atomic E-state index is -0.216. The lowest BCUT2D eigenvalue weighted by molar-refractivity contribution is 0.102. The summed E-state index contributed by atoms with van der Waals surface area (Å²) in [5.74, 6) is 0.996. The number of aromatic nitrogens is 2. The number of ether oxygens (including phenoxy) is 2. The van der Waals surface area contributed by atoms with Gasteiger partial charge in [0.05, 0.1) is 42.3 Å². The monoisotopic (exact) mass is 443 g/mol. The van der Waals surface area contributed by atoms with Crippen molar-refractivity contribution >= 4 is 27.5 Å². The van der Waals surface area contributed by atoms with Gasteiger partial charge in [-0.1, -0.05) is 12.1 Å². The molecule has 0 aliphatic rings. The molecule has 1 aromatic heterocycles. The molecule has 3 aromatic rings. The minimum absolute atomic E-state index is 0.216. The molecule has 0 fully saturated rings. The number of amides is 1. The first-order valence-electron chi connectivity index (χ1n) is 8.74. The van der Waals surface area contributed by atoms with Crippen molar-refractivity contribution in [1.82, 2.24) is 9.78 Å². The Hall–Kier alpha value is -2.80. The highest BCUT2D eigenvalue weighted by Gasteiger charge is 2.12. The van der Waals surface area contributed by atoms with Crippen molar-refractivity contribution in [2.75, 3.05) is 19.5 Å². The maximum Gasteiger partial charge on any atom is 0.255 e. The maximum atomic E-state index is 12.6. The second-order valence-electron chi connectivity index (χ2n) is 6.36. The SMILES string of the molecule is COc1ccc(OC)c(NC(=O)c2ccc(Cn3nc(C)c(Br)c3C)cc2)c1. The molecule has 7 heteroatoms. The highest BCUT2D eigenvalue weighted by molar-refractivity contribution is 9.10. The lowest BCUT2D eigenvalue weighted by Gasteiger charge is -2.12. The van der Waals surface area contributed by atoms with Crippen LogP contribution in [-0.4, -0.2) is 29.9 Å². The van der Waals surface area contributed by atoms with Gasteiger partial charge >= 0.3 is 0 Å². The molecule has 0 aliphatic heterocycles. The van der Waals surface area contributed by atoms with E-state index in [1.807, 2.05) is 30.7 Å². The van der Waals surface area contributed by atoms with E-state index in [1.54, 1.807) is 44.6 Å². The van der Waals surface area contributed by atoms with E-state index in [1.165, 1.54) is 0 Å². The fourth-order valence-electron chi connectivity index (χ4n) is 2.87. The first-order chi connectivity index (χ1) is 13.4. The number of benzene rings is 2. The molecule has 3 rings (SSSR count). The van der Waals surface area contributed by atoms with Crippen molar-refractivity contribution in [1.29, 1.82) is 0 Å². The van der Waals surface area contributed by atoms with Crippen LogP contribution >= 0.6 is 15.9 Å². The summed E-state index contributed by atoms with van der Waals surface area (Å²) in [7, 11) is 3.14. The molecule has 0 saturated heterocycles. The van der Waals surface area contributed by atoms with E-state index in [-0.39, 0.29) is 5.91 Å². The Bertz CT molecular complexity index is 997. The standard InChI is InChI=1S/C21H22BrN3O3/c1-13-20(22)14(2)25(24-13)12-15-5-7-16(8-6-15)21(26)23-18-11-17(27-3)9-10-19(18)28-4/h5-11H,12H2,1-4H3,(H,23,26). The Labute approximate surface area is 172 Å². The molecule has 1 amide bonds. The average molecular weight is 444 g/mol. The van der Waals surface area contributed by atoms with Gasteiger partial charge in [-0.3, -0.25) is 9.48 Å². The Kier molecular flexibility index (Phi) is 6.04. The van der Waals surface area contributed by atoms with E-state index < -0.39 is 0 Å². The predicted molar refractivity (Wildman–Crippen MR) is 112 cm³/mol. The van der Waals surface area contributed by atoms with Gasteiger partial charge in [0.15, 0.2) is 0 Å².